The van der Waals surface area contributed by atoms with E-state index in [-0.39, 0.29) is 0 Å². The first-order valence-corrected chi connectivity index (χ1v) is 9.21. The van der Waals surface area contributed by atoms with E-state index >= 15 is 0 Å². The van der Waals surface area contributed by atoms with Gasteiger partial charge in [0.25, 0.3) is 0 Å². The van der Waals surface area contributed by atoms with Crippen molar-refractivity contribution in [2.24, 2.45) is 5.73 Å². The van der Waals surface area contributed by atoms with Crippen LogP contribution >= 0.6 is 0 Å². The summed E-state index contributed by atoms with van der Waals surface area (Å²) < 4.78 is 1.89. The molecular weight excluding hydrogens is 364 g/mol. The second-order valence-electron chi connectivity index (χ2n) is 6.68. The van der Waals surface area contributed by atoms with Crippen LogP contribution in [0.4, 0.5) is 5.82 Å². The van der Waals surface area contributed by atoms with Gasteiger partial charge < -0.3 is 16.0 Å². The van der Waals surface area contributed by atoms with E-state index in [4.69, 9.17) is 5.10 Å². The Balaban J connectivity index is 0.000000941. The minimum absolute atomic E-state index is 0.469. The highest BCUT2D eigenvalue weighted by atomic mass is 16.1. The summed E-state index contributed by atoms with van der Waals surface area (Å²) in [6.45, 7) is 5.82. The van der Waals surface area contributed by atoms with Crippen molar-refractivity contribution >= 4 is 12.1 Å². The monoisotopic (exact) mass is 392 g/mol. The van der Waals surface area contributed by atoms with E-state index < -0.39 is 0 Å². The molecule has 2 aromatic heterocycles. The van der Waals surface area contributed by atoms with Crippen molar-refractivity contribution in [2.45, 2.75) is 13.5 Å². The van der Waals surface area contributed by atoms with Crippen molar-refractivity contribution in [3.63, 3.8) is 0 Å². The Hall–Kier alpha value is -3.45. The fraction of sp³-hybridized carbons (Fsp3) is 0.227. The lowest BCUT2D eigenvalue weighted by atomic mass is 10.1. The number of nitrogens with two attached hydrogens (primary N) is 1. The summed E-state index contributed by atoms with van der Waals surface area (Å²) in [5.74, 6) is 0.930. The van der Waals surface area contributed by atoms with Crippen LogP contribution in [0, 0.1) is 6.92 Å². The molecule has 0 atom stereocenters. The van der Waals surface area contributed by atoms with Crippen LogP contribution in [0.25, 0.3) is 16.9 Å². The molecule has 0 aliphatic rings. The van der Waals surface area contributed by atoms with Gasteiger partial charge in [0.15, 0.2) is 6.29 Å². The Morgan fingerprint density at radius 3 is 2.48 bits per heavy atom. The molecule has 0 fully saturated rings. The highest BCUT2D eigenvalue weighted by molar-refractivity contribution is 5.77. The van der Waals surface area contributed by atoms with E-state index in [1.54, 1.807) is 6.20 Å². The zero-order valence-corrected chi connectivity index (χ0v) is 17.4. The molecule has 2 heterocycles. The molecule has 3 rings (SSSR count). The average Bonchev–Trinajstić information content (AvgIpc) is 3.05. The van der Waals surface area contributed by atoms with E-state index in [1.807, 2.05) is 74.0 Å². The summed E-state index contributed by atoms with van der Waals surface area (Å²) in [5, 5.41) is 8.05. The number of carbonyl (C=O) groups excluding carboxylic acids is 1. The van der Waals surface area contributed by atoms with Gasteiger partial charge >= 0.3 is 0 Å². The maximum absolute atomic E-state index is 11.3. The fourth-order valence-electron chi connectivity index (χ4n) is 3.04. The molecule has 7 heteroatoms. The zero-order valence-electron chi connectivity index (χ0n) is 17.4. The van der Waals surface area contributed by atoms with Crippen LogP contribution in [0.3, 0.4) is 0 Å². The van der Waals surface area contributed by atoms with Gasteiger partial charge in [-0.25, -0.2) is 4.68 Å². The quantitative estimate of drug-likeness (QED) is 0.626. The predicted octanol–water partition coefficient (Wildman–Crippen LogP) is 3.25. The molecule has 0 unspecified atom stereocenters. The predicted molar refractivity (Wildman–Crippen MR) is 118 cm³/mol. The normalized spacial score (nSPS) is 10.2. The van der Waals surface area contributed by atoms with Gasteiger partial charge in [0.05, 0.1) is 11.4 Å². The zero-order chi connectivity index (χ0) is 21.4. The van der Waals surface area contributed by atoms with Crippen molar-refractivity contribution in [3.05, 3.63) is 72.2 Å². The number of nitrogens with zero attached hydrogens (tertiary/aromatic N) is 4. The molecule has 0 saturated heterocycles. The minimum Gasteiger partial charge on any atom is -0.405 e. The first kappa shape index (κ1) is 21.8. The lowest BCUT2D eigenvalue weighted by molar-refractivity contribution is 0.111. The number of carbonyl (C=O) groups is 1. The highest BCUT2D eigenvalue weighted by Crippen LogP contribution is 2.30. The second-order valence-corrected chi connectivity index (χ2v) is 6.68. The Bertz CT molecular complexity index is 963. The molecule has 3 N–H and O–H groups in total. The Morgan fingerprint density at radius 1 is 1.28 bits per heavy atom. The van der Waals surface area contributed by atoms with Crippen molar-refractivity contribution in [3.8, 4) is 16.9 Å². The third-order valence-electron chi connectivity index (χ3n) is 4.23. The Morgan fingerprint density at radius 2 is 1.93 bits per heavy atom. The molecular formula is C22H28N6O. The topological polar surface area (TPSA) is 89.1 Å². The summed E-state index contributed by atoms with van der Waals surface area (Å²) in [4.78, 5) is 17.7. The van der Waals surface area contributed by atoms with E-state index in [0.717, 1.165) is 40.2 Å². The molecule has 29 heavy (non-hydrogen) atoms. The maximum atomic E-state index is 11.3. The van der Waals surface area contributed by atoms with E-state index in [9.17, 15) is 4.79 Å². The van der Waals surface area contributed by atoms with Gasteiger partial charge in [-0.15, -0.1) is 0 Å². The van der Waals surface area contributed by atoms with Gasteiger partial charge in [0.1, 0.15) is 11.5 Å². The Kier molecular flexibility index (Phi) is 7.68. The number of pyridine rings is 1. The summed E-state index contributed by atoms with van der Waals surface area (Å²) >= 11 is 0. The van der Waals surface area contributed by atoms with Crippen LogP contribution in [0.15, 0.2) is 55.4 Å². The standard InChI is InChI=1S/C20H23N5O.C2H5N/c1-14-19(15-10-16(12-24(3)4)18(13-26)22-11-15)23-25(20(14)21-2)17-8-6-5-7-9-17;1-2-3/h5-11,13,21H,12H2,1-4H3;2H,1,3H2. The third-order valence-corrected chi connectivity index (χ3v) is 4.23. The number of aromatic nitrogens is 3. The molecule has 0 bridgehead atoms. The van der Waals surface area contributed by atoms with Crippen LogP contribution in [-0.2, 0) is 6.54 Å². The van der Waals surface area contributed by atoms with Gasteiger partial charge in [0, 0.05) is 30.9 Å². The summed E-state index contributed by atoms with van der Waals surface area (Å²) in [7, 11) is 5.82. The van der Waals surface area contributed by atoms with Gasteiger partial charge in [-0.1, -0.05) is 24.8 Å². The van der Waals surface area contributed by atoms with Crippen LogP contribution in [0.5, 0.6) is 0 Å². The molecule has 3 aromatic rings. The third kappa shape index (κ3) is 5.08. The lowest BCUT2D eigenvalue weighted by Gasteiger charge is -2.12. The molecule has 7 nitrogen and oxygen atoms in total. The largest absolute Gasteiger partial charge is 0.405 e. The second kappa shape index (κ2) is 10.2. The number of aldehydes is 1. The molecule has 0 aliphatic heterocycles. The van der Waals surface area contributed by atoms with Crippen LogP contribution in [0.1, 0.15) is 21.6 Å². The van der Waals surface area contributed by atoms with E-state index in [2.05, 4.69) is 22.6 Å². The summed E-state index contributed by atoms with van der Waals surface area (Å²) in [6, 6.07) is 12.0. The van der Waals surface area contributed by atoms with E-state index in [0.29, 0.717) is 12.2 Å². The highest BCUT2D eigenvalue weighted by Gasteiger charge is 2.17. The average molecular weight is 393 g/mol. The number of para-hydroxylation sites is 1. The summed E-state index contributed by atoms with van der Waals surface area (Å²) in [6.07, 6.45) is 3.77. The van der Waals surface area contributed by atoms with Crippen LogP contribution < -0.4 is 11.1 Å². The molecule has 0 aliphatic carbocycles. The van der Waals surface area contributed by atoms with Gasteiger partial charge in [-0.05, 0) is 51.0 Å². The minimum atomic E-state index is 0.469. The number of anilines is 1. The van der Waals surface area contributed by atoms with Crippen molar-refractivity contribution in [2.75, 3.05) is 26.5 Å². The van der Waals surface area contributed by atoms with Crippen molar-refractivity contribution in [1.29, 1.82) is 0 Å². The molecule has 0 saturated carbocycles. The first-order chi connectivity index (χ1) is 14.0. The molecule has 1 aromatic carbocycles. The lowest BCUT2D eigenvalue weighted by Crippen LogP contribution is -2.13. The molecule has 0 radical (unpaired) electrons. The van der Waals surface area contributed by atoms with Crippen molar-refractivity contribution < 1.29 is 4.79 Å². The van der Waals surface area contributed by atoms with E-state index in [1.165, 1.54) is 6.20 Å². The SMILES string of the molecule is C=CN.CNc1c(C)c(-c2cnc(C=O)c(CN(C)C)c2)nn1-c1ccccc1. The van der Waals surface area contributed by atoms with Gasteiger partial charge in [0.2, 0.25) is 0 Å². The number of rotatable bonds is 6. The number of hydrogen-bond acceptors (Lipinski definition) is 6. The molecule has 152 valence electrons. The van der Waals surface area contributed by atoms with Crippen LogP contribution in [0.2, 0.25) is 0 Å². The van der Waals surface area contributed by atoms with Crippen molar-refractivity contribution in [1.82, 2.24) is 19.7 Å². The fourth-order valence-corrected chi connectivity index (χ4v) is 3.04. The van der Waals surface area contributed by atoms with Gasteiger partial charge in [-0.2, -0.15) is 5.10 Å². The maximum Gasteiger partial charge on any atom is 0.168 e. The van der Waals surface area contributed by atoms with Gasteiger partial charge in [-0.3, -0.25) is 9.78 Å². The van der Waals surface area contributed by atoms with Crippen LogP contribution in [-0.4, -0.2) is 47.1 Å². The number of hydrogen-bond donors (Lipinski definition) is 2. The first-order valence-electron chi connectivity index (χ1n) is 9.21. The molecule has 0 spiro atoms. The number of benzene rings is 1. The Labute approximate surface area is 171 Å². The molecule has 0 amide bonds. The summed E-state index contributed by atoms with van der Waals surface area (Å²) in [5.41, 5.74) is 9.74. The smallest absolute Gasteiger partial charge is 0.168 e. The number of nitrogens with one attached hydrogen (secondary N) is 1.